The lowest BCUT2D eigenvalue weighted by molar-refractivity contribution is -0.149. The highest BCUT2D eigenvalue weighted by Crippen LogP contribution is 2.29. The molecule has 0 spiro atoms. The third-order valence-corrected chi connectivity index (χ3v) is 5.51. The number of amides is 1. The van der Waals surface area contributed by atoms with Crippen molar-refractivity contribution >= 4 is 12.1 Å². The van der Waals surface area contributed by atoms with Gasteiger partial charge in [-0.1, -0.05) is 42.5 Å². The molecule has 0 bridgehead atoms. The van der Waals surface area contributed by atoms with Gasteiger partial charge in [0.1, 0.15) is 12.4 Å². The maximum Gasteiger partial charge on any atom is 0.409 e. The number of hydrogen-bond donors (Lipinski definition) is 1. The number of ether oxygens (including phenoxy) is 3. The van der Waals surface area contributed by atoms with Gasteiger partial charge in [-0.3, -0.25) is 0 Å². The molecule has 0 aliphatic heterocycles. The fraction of sp³-hybridized carbons (Fsp3) is 0.462. The van der Waals surface area contributed by atoms with Crippen LogP contribution < -0.4 is 4.74 Å². The molecule has 33 heavy (non-hydrogen) atoms. The number of carbonyl (C=O) groups excluding carboxylic acids is 1. The number of aliphatic carboxylic acids is 1. The van der Waals surface area contributed by atoms with Crippen molar-refractivity contribution < 1.29 is 28.9 Å². The molecule has 7 heteroatoms. The molecular formula is C26H33NO6. The van der Waals surface area contributed by atoms with Crippen molar-refractivity contribution in [1.29, 1.82) is 0 Å². The number of carboxylic acids is 1. The van der Waals surface area contributed by atoms with Gasteiger partial charge in [-0.05, 0) is 48.9 Å². The number of carboxylic acid groups (broad SMARTS) is 1. The average molecular weight is 456 g/mol. The second kappa shape index (κ2) is 12.8. The van der Waals surface area contributed by atoms with E-state index in [1.807, 2.05) is 54.6 Å². The van der Waals surface area contributed by atoms with Crippen LogP contribution in [0.1, 0.15) is 30.9 Å². The van der Waals surface area contributed by atoms with Gasteiger partial charge in [-0.15, -0.1) is 0 Å². The molecule has 0 heterocycles. The van der Waals surface area contributed by atoms with Crippen molar-refractivity contribution in [1.82, 2.24) is 4.90 Å². The lowest BCUT2D eigenvalue weighted by Crippen LogP contribution is -2.37. The van der Waals surface area contributed by atoms with Crippen molar-refractivity contribution in [2.45, 2.75) is 38.7 Å². The Balaban J connectivity index is 1.43. The number of carbonyl (C=O) groups is 2. The van der Waals surface area contributed by atoms with Crippen LogP contribution >= 0.6 is 0 Å². The summed E-state index contributed by atoms with van der Waals surface area (Å²) in [5.74, 6) is 0.257. The Labute approximate surface area is 195 Å². The van der Waals surface area contributed by atoms with E-state index in [9.17, 15) is 14.7 Å². The van der Waals surface area contributed by atoms with Gasteiger partial charge in [0.25, 0.3) is 0 Å². The molecule has 1 aliphatic carbocycles. The fourth-order valence-electron chi connectivity index (χ4n) is 3.49. The lowest BCUT2D eigenvalue weighted by atomic mass is 10.1. The molecule has 1 N–H and O–H groups in total. The maximum absolute atomic E-state index is 12.6. The predicted molar refractivity (Wildman–Crippen MR) is 124 cm³/mol. The Morgan fingerprint density at radius 2 is 1.76 bits per heavy atom. The van der Waals surface area contributed by atoms with Gasteiger partial charge in [0, 0.05) is 26.0 Å². The smallest absolute Gasteiger partial charge is 0.409 e. The Bertz CT molecular complexity index is 866. The first-order valence-electron chi connectivity index (χ1n) is 11.6. The van der Waals surface area contributed by atoms with E-state index in [1.54, 1.807) is 11.8 Å². The van der Waals surface area contributed by atoms with Gasteiger partial charge >= 0.3 is 12.1 Å². The molecular weight excluding hydrogens is 422 g/mol. The third kappa shape index (κ3) is 8.77. The van der Waals surface area contributed by atoms with Gasteiger partial charge in [-0.25, -0.2) is 9.59 Å². The fourth-order valence-corrected chi connectivity index (χ4v) is 3.49. The number of rotatable bonds is 14. The van der Waals surface area contributed by atoms with Crippen LogP contribution in [0.25, 0.3) is 0 Å². The Morgan fingerprint density at radius 1 is 1.03 bits per heavy atom. The van der Waals surface area contributed by atoms with E-state index < -0.39 is 12.1 Å². The monoisotopic (exact) mass is 455 g/mol. The highest BCUT2D eigenvalue weighted by atomic mass is 16.6. The normalized spacial score (nSPS) is 13.8. The van der Waals surface area contributed by atoms with E-state index >= 15 is 0 Å². The van der Waals surface area contributed by atoms with Crippen molar-refractivity contribution in [2.24, 2.45) is 5.92 Å². The van der Waals surface area contributed by atoms with Crippen LogP contribution in [0, 0.1) is 5.92 Å². The largest absolute Gasteiger partial charge is 0.492 e. The predicted octanol–water partition coefficient (Wildman–Crippen LogP) is 4.19. The zero-order valence-electron chi connectivity index (χ0n) is 19.2. The van der Waals surface area contributed by atoms with Crippen LogP contribution in [-0.2, 0) is 27.1 Å². The quantitative estimate of drug-likeness (QED) is 0.460. The van der Waals surface area contributed by atoms with E-state index in [2.05, 4.69) is 0 Å². The summed E-state index contributed by atoms with van der Waals surface area (Å²) >= 11 is 0. The summed E-state index contributed by atoms with van der Waals surface area (Å²) < 4.78 is 16.6. The minimum Gasteiger partial charge on any atom is -0.492 e. The summed E-state index contributed by atoms with van der Waals surface area (Å²) in [6.07, 6.45) is 2.13. The topological polar surface area (TPSA) is 85.3 Å². The van der Waals surface area contributed by atoms with E-state index in [4.69, 9.17) is 14.2 Å². The minimum absolute atomic E-state index is 0.299. The van der Waals surface area contributed by atoms with Crippen molar-refractivity contribution in [3.05, 3.63) is 65.7 Å². The van der Waals surface area contributed by atoms with E-state index in [0.29, 0.717) is 57.4 Å². The summed E-state index contributed by atoms with van der Waals surface area (Å²) in [6.45, 7) is 3.99. The zero-order valence-corrected chi connectivity index (χ0v) is 19.2. The molecule has 1 fully saturated rings. The highest BCUT2D eigenvalue weighted by molar-refractivity contribution is 5.72. The number of nitrogens with zero attached hydrogens (tertiary/aromatic N) is 1. The third-order valence-electron chi connectivity index (χ3n) is 5.51. The first kappa shape index (κ1) is 24.6. The van der Waals surface area contributed by atoms with Crippen LogP contribution in [0.4, 0.5) is 4.79 Å². The minimum atomic E-state index is -0.969. The molecule has 2 aromatic rings. The Morgan fingerprint density at radius 3 is 2.39 bits per heavy atom. The SMILES string of the molecule is CCOC(Cc1ccc(OCCN(CC2CC2)C(=O)OCCc2ccccc2)cc1)C(=O)O. The summed E-state index contributed by atoms with van der Waals surface area (Å²) in [4.78, 5) is 25.6. The zero-order chi connectivity index (χ0) is 23.5. The highest BCUT2D eigenvalue weighted by Gasteiger charge is 2.27. The molecule has 1 aliphatic rings. The summed E-state index contributed by atoms with van der Waals surface area (Å²) in [7, 11) is 0. The first-order valence-corrected chi connectivity index (χ1v) is 11.6. The molecule has 0 saturated heterocycles. The Hall–Kier alpha value is -3.06. The number of hydrogen-bond acceptors (Lipinski definition) is 5. The Kier molecular flexibility index (Phi) is 9.57. The van der Waals surface area contributed by atoms with Crippen LogP contribution in [0.2, 0.25) is 0 Å². The van der Waals surface area contributed by atoms with Crippen molar-refractivity contribution in [3.8, 4) is 5.75 Å². The number of benzene rings is 2. The summed E-state index contributed by atoms with van der Waals surface area (Å²) in [5, 5.41) is 9.22. The molecule has 1 saturated carbocycles. The van der Waals surface area contributed by atoms with Crippen LogP contribution in [0.3, 0.4) is 0 Å². The van der Waals surface area contributed by atoms with Crippen LogP contribution in [0.15, 0.2) is 54.6 Å². The van der Waals surface area contributed by atoms with Gasteiger partial charge in [-0.2, -0.15) is 0 Å². The maximum atomic E-state index is 12.6. The second-order valence-corrected chi connectivity index (χ2v) is 8.22. The van der Waals surface area contributed by atoms with E-state index in [0.717, 1.165) is 24.0 Å². The van der Waals surface area contributed by atoms with Crippen molar-refractivity contribution in [3.63, 3.8) is 0 Å². The van der Waals surface area contributed by atoms with Gasteiger partial charge in [0.15, 0.2) is 6.10 Å². The van der Waals surface area contributed by atoms with E-state index in [-0.39, 0.29) is 6.09 Å². The van der Waals surface area contributed by atoms with Gasteiger partial charge in [0.2, 0.25) is 0 Å². The van der Waals surface area contributed by atoms with E-state index in [1.165, 1.54) is 0 Å². The molecule has 3 rings (SSSR count). The second-order valence-electron chi connectivity index (χ2n) is 8.22. The molecule has 1 unspecified atom stereocenters. The molecule has 178 valence electrons. The summed E-state index contributed by atoms with van der Waals surface area (Å²) in [5.41, 5.74) is 2.00. The van der Waals surface area contributed by atoms with Crippen LogP contribution in [-0.4, -0.2) is 61.1 Å². The molecule has 0 aromatic heterocycles. The molecule has 7 nitrogen and oxygen atoms in total. The summed E-state index contributed by atoms with van der Waals surface area (Å²) in [6, 6.07) is 17.3. The molecule has 0 radical (unpaired) electrons. The van der Waals surface area contributed by atoms with Crippen LogP contribution in [0.5, 0.6) is 5.75 Å². The van der Waals surface area contributed by atoms with Gasteiger partial charge < -0.3 is 24.2 Å². The molecule has 2 aromatic carbocycles. The van der Waals surface area contributed by atoms with Crippen molar-refractivity contribution in [2.75, 3.05) is 32.9 Å². The average Bonchev–Trinajstić information content (AvgIpc) is 3.64. The van der Waals surface area contributed by atoms with Gasteiger partial charge in [0.05, 0.1) is 13.2 Å². The lowest BCUT2D eigenvalue weighted by Gasteiger charge is -2.22. The first-order chi connectivity index (χ1) is 16.0. The molecule has 1 amide bonds. The molecule has 1 atom stereocenters. The standard InChI is InChI=1S/C26H33NO6/c1-2-31-24(25(28)29)18-21-10-12-23(13-11-21)32-17-15-27(19-22-8-9-22)26(30)33-16-14-20-6-4-3-5-7-20/h3-7,10-13,22,24H,2,8-9,14-19H2,1H3,(H,28,29).